The van der Waals surface area contributed by atoms with Crippen molar-refractivity contribution in [3.63, 3.8) is 0 Å². The summed E-state index contributed by atoms with van der Waals surface area (Å²) in [4.78, 5) is 16.9. The minimum absolute atomic E-state index is 0.520. The molecule has 0 radical (unpaired) electrons. The first-order valence-electron chi connectivity index (χ1n) is 10.0. The number of hydrogen-bond donors (Lipinski definition) is 1. The van der Waals surface area contributed by atoms with Crippen LogP contribution in [0.15, 0.2) is 49.1 Å². The highest BCUT2D eigenvalue weighted by Crippen LogP contribution is 2.32. The van der Waals surface area contributed by atoms with E-state index in [-0.39, 0.29) is 0 Å². The van der Waals surface area contributed by atoms with Crippen molar-refractivity contribution in [2.75, 3.05) is 6.61 Å². The molecule has 1 N–H and O–H groups in total. The second-order valence-corrected chi connectivity index (χ2v) is 7.32. The molecule has 0 bridgehead atoms. The second-order valence-electron chi connectivity index (χ2n) is 7.32. The van der Waals surface area contributed by atoms with Gasteiger partial charge in [0, 0.05) is 30.4 Å². The Balaban J connectivity index is 0.000000290. The SMILES string of the molecule is CCC(O)c1ccc(-c2cnc(C)nc2OCC2CC2)cn1.Cc1cccnc1. The van der Waals surface area contributed by atoms with Crippen LogP contribution in [0.3, 0.4) is 0 Å². The van der Waals surface area contributed by atoms with E-state index in [0.29, 0.717) is 36.3 Å². The van der Waals surface area contributed by atoms with E-state index in [2.05, 4.69) is 19.9 Å². The zero-order chi connectivity index (χ0) is 20.6. The van der Waals surface area contributed by atoms with E-state index in [9.17, 15) is 5.11 Å². The van der Waals surface area contributed by atoms with Crippen LogP contribution < -0.4 is 4.74 Å². The summed E-state index contributed by atoms with van der Waals surface area (Å²) < 4.78 is 5.87. The lowest BCUT2D eigenvalue weighted by molar-refractivity contribution is 0.169. The summed E-state index contributed by atoms with van der Waals surface area (Å²) in [6, 6.07) is 7.72. The Bertz CT molecular complexity index is 897. The van der Waals surface area contributed by atoms with Gasteiger partial charge in [-0.3, -0.25) is 9.97 Å². The minimum Gasteiger partial charge on any atom is -0.477 e. The maximum atomic E-state index is 9.82. The summed E-state index contributed by atoms with van der Waals surface area (Å²) in [5, 5.41) is 9.82. The predicted molar refractivity (Wildman–Crippen MR) is 112 cm³/mol. The molecule has 1 saturated carbocycles. The highest BCUT2D eigenvalue weighted by molar-refractivity contribution is 5.66. The average molecular weight is 393 g/mol. The van der Waals surface area contributed by atoms with Gasteiger partial charge in [-0.25, -0.2) is 4.98 Å². The van der Waals surface area contributed by atoms with Gasteiger partial charge in [0.05, 0.1) is 24.0 Å². The predicted octanol–water partition coefficient (Wildman–Crippen LogP) is 4.47. The van der Waals surface area contributed by atoms with Crippen molar-refractivity contribution in [2.45, 2.75) is 46.1 Å². The third kappa shape index (κ3) is 6.32. The molecular weight excluding hydrogens is 364 g/mol. The van der Waals surface area contributed by atoms with E-state index in [1.165, 1.54) is 18.4 Å². The highest BCUT2D eigenvalue weighted by atomic mass is 16.5. The summed E-state index contributed by atoms with van der Waals surface area (Å²) in [6.07, 6.45) is 9.73. The van der Waals surface area contributed by atoms with Gasteiger partial charge in [0.1, 0.15) is 5.82 Å². The summed E-state index contributed by atoms with van der Waals surface area (Å²) in [7, 11) is 0. The zero-order valence-corrected chi connectivity index (χ0v) is 17.2. The Morgan fingerprint density at radius 1 is 1.10 bits per heavy atom. The summed E-state index contributed by atoms with van der Waals surface area (Å²) in [6.45, 7) is 6.52. The van der Waals surface area contributed by atoms with Gasteiger partial charge in [-0.05, 0) is 56.7 Å². The number of nitrogens with zero attached hydrogens (tertiary/aromatic N) is 4. The Hall–Kier alpha value is -2.86. The molecule has 1 aliphatic carbocycles. The lowest BCUT2D eigenvalue weighted by Crippen LogP contribution is -2.04. The molecule has 152 valence electrons. The fraction of sp³-hybridized carbons (Fsp3) is 0.391. The maximum absolute atomic E-state index is 9.82. The smallest absolute Gasteiger partial charge is 0.224 e. The van der Waals surface area contributed by atoms with Crippen molar-refractivity contribution < 1.29 is 9.84 Å². The molecule has 0 aromatic carbocycles. The summed E-state index contributed by atoms with van der Waals surface area (Å²) in [5.74, 6) is 1.98. The van der Waals surface area contributed by atoms with Crippen molar-refractivity contribution in [1.29, 1.82) is 0 Å². The van der Waals surface area contributed by atoms with Gasteiger partial charge in [-0.15, -0.1) is 0 Å². The molecule has 1 aliphatic rings. The molecule has 3 aromatic heterocycles. The number of aryl methyl sites for hydroxylation is 2. The molecule has 6 nitrogen and oxygen atoms in total. The van der Waals surface area contributed by atoms with Crippen LogP contribution in [0.4, 0.5) is 0 Å². The van der Waals surface area contributed by atoms with Gasteiger partial charge in [0.15, 0.2) is 0 Å². The van der Waals surface area contributed by atoms with Crippen molar-refractivity contribution in [1.82, 2.24) is 19.9 Å². The summed E-state index contributed by atoms with van der Waals surface area (Å²) >= 11 is 0. The van der Waals surface area contributed by atoms with Crippen LogP contribution in [-0.2, 0) is 0 Å². The van der Waals surface area contributed by atoms with E-state index < -0.39 is 6.10 Å². The largest absolute Gasteiger partial charge is 0.477 e. The van der Waals surface area contributed by atoms with Crippen LogP contribution in [0.25, 0.3) is 11.1 Å². The average Bonchev–Trinajstić information content (AvgIpc) is 3.57. The molecule has 0 saturated heterocycles. The van der Waals surface area contributed by atoms with Crippen LogP contribution in [0, 0.1) is 19.8 Å². The van der Waals surface area contributed by atoms with E-state index in [0.717, 1.165) is 11.1 Å². The van der Waals surface area contributed by atoms with E-state index in [1.807, 2.05) is 51.2 Å². The standard InChI is InChI=1S/C17H21N3O2.C6H7N/c1-3-16(21)15-7-6-13(8-19-15)14-9-18-11(2)20-17(14)22-10-12-4-5-12;1-6-3-2-4-7-5-6/h6-9,12,16,21H,3-5,10H2,1-2H3;2-5H,1H3. The molecule has 4 rings (SSSR count). The van der Waals surface area contributed by atoms with Crippen LogP contribution in [0.2, 0.25) is 0 Å². The van der Waals surface area contributed by atoms with Crippen LogP contribution >= 0.6 is 0 Å². The van der Waals surface area contributed by atoms with Crippen molar-refractivity contribution in [2.24, 2.45) is 5.92 Å². The molecule has 3 heterocycles. The number of pyridine rings is 2. The molecule has 6 heteroatoms. The van der Waals surface area contributed by atoms with Crippen molar-refractivity contribution in [3.05, 3.63) is 66.1 Å². The van der Waals surface area contributed by atoms with E-state index in [4.69, 9.17) is 4.74 Å². The molecule has 3 aromatic rings. The Labute approximate surface area is 172 Å². The molecule has 0 spiro atoms. The Morgan fingerprint density at radius 3 is 2.48 bits per heavy atom. The number of aliphatic hydroxyl groups is 1. The van der Waals surface area contributed by atoms with Gasteiger partial charge in [-0.1, -0.05) is 19.1 Å². The van der Waals surface area contributed by atoms with Crippen molar-refractivity contribution >= 4 is 0 Å². The molecule has 1 unspecified atom stereocenters. The fourth-order valence-corrected chi connectivity index (χ4v) is 2.66. The van der Waals surface area contributed by atoms with Crippen LogP contribution in [-0.4, -0.2) is 31.6 Å². The maximum Gasteiger partial charge on any atom is 0.224 e. The van der Waals surface area contributed by atoms with Crippen molar-refractivity contribution in [3.8, 4) is 17.0 Å². The third-order valence-electron chi connectivity index (χ3n) is 4.66. The second kappa shape index (κ2) is 10.1. The highest BCUT2D eigenvalue weighted by Gasteiger charge is 2.23. The molecule has 29 heavy (non-hydrogen) atoms. The lowest BCUT2D eigenvalue weighted by Gasteiger charge is -2.12. The fourth-order valence-electron chi connectivity index (χ4n) is 2.66. The first-order chi connectivity index (χ1) is 14.1. The molecule has 0 amide bonds. The van der Waals surface area contributed by atoms with Gasteiger partial charge in [0.2, 0.25) is 5.88 Å². The number of ether oxygens (including phenoxy) is 1. The lowest BCUT2D eigenvalue weighted by atomic mass is 10.1. The Morgan fingerprint density at radius 2 is 1.93 bits per heavy atom. The van der Waals surface area contributed by atoms with E-state index in [1.54, 1.807) is 18.6 Å². The number of aromatic nitrogens is 4. The number of rotatable bonds is 6. The Kier molecular flexibility index (Phi) is 7.25. The topological polar surface area (TPSA) is 81.0 Å². The first kappa shape index (κ1) is 20.9. The normalized spacial score (nSPS) is 13.9. The van der Waals surface area contributed by atoms with Crippen LogP contribution in [0.5, 0.6) is 5.88 Å². The zero-order valence-electron chi connectivity index (χ0n) is 17.2. The van der Waals surface area contributed by atoms with E-state index >= 15 is 0 Å². The van der Waals surface area contributed by atoms with Gasteiger partial charge >= 0.3 is 0 Å². The first-order valence-corrected chi connectivity index (χ1v) is 10.0. The molecule has 1 atom stereocenters. The third-order valence-corrected chi connectivity index (χ3v) is 4.66. The number of hydrogen-bond acceptors (Lipinski definition) is 6. The quantitative estimate of drug-likeness (QED) is 0.667. The number of aliphatic hydroxyl groups excluding tert-OH is 1. The molecule has 0 aliphatic heterocycles. The van der Waals surface area contributed by atoms with Crippen LogP contribution in [0.1, 0.15) is 49.4 Å². The molecular formula is C23H28N4O2. The van der Waals surface area contributed by atoms with Gasteiger partial charge in [0.25, 0.3) is 0 Å². The van der Waals surface area contributed by atoms with Gasteiger partial charge in [-0.2, -0.15) is 4.98 Å². The minimum atomic E-state index is -0.520. The monoisotopic (exact) mass is 392 g/mol. The summed E-state index contributed by atoms with van der Waals surface area (Å²) in [5.41, 5.74) is 3.64. The van der Waals surface area contributed by atoms with Gasteiger partial charge < -0.3 is 9.84 Å². The molecule has 1 fully saturated rings.